The van der Waals surface area contributed by atoms with Crippen molar-refractivity contribution in [3.8, 4) is 0 Å². The van der Waals surface area contributed by atoms with Crippen molar-refractivity contribution in [2.45, 2.75) is 38.6 Å². The summed E-state index contributed by atoms with van der Waals surface area (Å²) in [5.41, 5.74) is 1.45. The third-order valence-corrected chi connectivity index (χ3v) is 5.35. The highest BCUT2D eigenvalue weighted by atomic mass is 35.5. The predicted molar refractivity (Wildman–Crippen MR) is 114 cm³/mol. The van der Waals surface area contributed by atoms with Crippen molar-refractivity contribution >= 4 is 34.8 Å². The van der Waals surface area contributed by atoms with E-state index in [0.29, 0.717) is 18.5 Å². The Bertz CT molecular complexity index is 933. The summed E-state index contributed by atoms with van der Waals surface area (Å²) in [4.78, 5) is 27.6. The third-order valence-electron chi connectivity index (χ3n) is 5.04. The number of rotatable bonds is 7. The number of carbonyl (C=O) groups excluding carboxylic acids is 2. The zero-order valence-corrected chi connectivity index (χ0v) is 17.4. The highest BCUT2D eigenvalue weighted by Gasteiger charge is 2.23. The van der Waals surface area contributed by atoms with Crippen LogP contribution in [0.25, 0.3) is 0 Å². The lowest BCUT2D eigenvalue weighted by atomic mass is 10.1. The van der Waals surface area contributed by atoms with Gasteiger partial charge >= 0.3 is 0 Å². The molecule has 2 aromatic carbocycles. The van der Waals surface area contributed by atoms with Crippen molar-refractivity contribution in [1.82, 2.24) is 5.32 Å². The van der Waals surface area contributed by atoms with Crippen LogP contribution in [-0.2, 0) is 4.79 Å². The molecule has 2 amide bonds. The molecule has 0 spiro atoms. The molecule has 1 unspecified atom stereocenters. The number of hydrogen-bond donors (Lipinski definition) is 2. The first kappa shape index (κ1) is 22.0. The molecule has 0 bridgehead atoms. The van der Waals surface area contributed by atoms with Crippen molar-refractivity contribution in [2.24, 2.45) is 0 Å². The van der Waals surface area contributed by atoms with Crippen molar-refractivity contribution in [2.75, 3.05) is 23.3 Å². The van der Waals surface area contributed by atoms with E-state index in [2.05, 4.69) is 15.5 Å². The summed E-state index contributed by atoms with van der Waals surface area (Å²) >= 11 is 5.87. The van der Waals surface area contributed by atoms with Crippen LogP contribution in [0, 0.1) is 11.6 Å². The first-order chi connectivity index (χ1) is 14.4. The Kier molecular flexibility index (Phi) is 7.26. The van der Waals surface area contributed by atoms with Crippen LogP contribution in [0.3, 0.4) is 0 Å². The molecule has 8 heteroatoms. The van der Waals surface area contributed by atoms with E-state index >= 15 is 0 Å². The van der Waals surface area contributed by atoms with Crippen LogP contribution in [0.4, 0.5) is 20.2 Å². The Morgan fingerprint density at radius 3 is 2.53 bits per heavy atom. The molecule has 1 saturated heterocycles. The molecule has 0 aromatic heterocycles. The van der Waals surface area contributed by atoms with Gasteiger partial charge in [-0.25, -0.2) is 8.78 Å². The summed E-state index contributed by atoms with van der Waals surface area (Å²) in [6, 6.07) is 8.18. The third kappa shape index (κ3) is 5.27. The molecule has 5 nitrogen and oxygen atoms in total. The van der Waals surface area contributed by atoms with Crippen LogP contribution >= 0.6 is 11.6 Å². The minimum absolute atomic E-state index is 0.222. The maximum Gasteiger partial charge on any atom is 0.253 e. The van der Waals surface area contributed by atoms with E-state index in [4.69, 9.17) is 11.6 Å². The summed E-state index contributed by atoms with van der Waals surface area (Å²) in [6.07, 6.45) is 3.31. The molecule has 3 rings (SSSR count). The van der Waals surface area contributed by atoms with Gasteiger partial charge in [-0.1, -0.05) is 31.0 Å². The van der Waals surface area contributed by atoms with Gasteiger partial charge in [0.15, 0.2) is 11.6 Å². The van der Waals surface area contributed by atoms with Gasteiger partial charge in [-0.15, -0.1) is 0 Å². The van der Waals surface area contributed by atoms with Crippen LogP contribution in [-0.4, -0.2) is 30.9 Å². The quantitative estimate of drug-likeness (QED) is 0.616. The molecule has 1 fully saturated rings. The largest absolute Gasteiger partial charge is 0.371 e. The van der Waals surface area contributed by atoms with E-state index in [1.165, 1.54) is 0 Å². The highest BCUT2D eigenvalue weighted by molar-refractivity contribution is 6.33. The first-order valence-corrected chi connectivity index (χ1v) is 10.4. The van der Waals surface area contributed by atoms with Gasteiger partial charge in [0, 0.05) is 24.5 Å². The van der Waals surface area contributed by atoms with Crippen LogP contribution in [0.15, 0.2) is 36.4 Å². The van der Waals surface area contributed by atoms with Gasteiger partial charge in [-0.2, -0.15) is 0 Å². The molecule has 2 N–H and O–H groups in total. The highest BCUT2D eigenvalue weighted by Crippen LogP contribution is 2.24. The molecular weight excluding hydrogens is 412 g/mol. The molecule has 1 aliphatic heterocycles. The molecule has 160 valence electrons. The lowest BCUT2D eigenvalue weighted by Gasteiger charge is -2.20. The summed E-state index contributed by atoms with van der Waals surface area (Å²) in [5, 5.41) is 5.19. The fourth-order valence-electron chi connectivity index (χ4n) is 3.48. The fourth-order valence-corrected chi connectivity index (χ4v) is 3.71. The first-order valence-electron chi connectivity index (χ1n) is 10.0. The Morgan fingerprint density at radius 2 is 1.83 bits per heavy atom. The number of nitrogens with zero attached hydrogens (tertiary/aromatic N) is 1. The van der Waals surface area contributed by atoms with E-state index in [0.717, 1.165) is 43.8 Å². The van der Waals surface area contributed by atoms with Gasteiger partial charge < -0.3 is 15.5 Å². The smallest absolute Gasteiger partial charge is 0.253 e. The normalized spacial score (nSPS) is 14.5. The number of carbonyl (C=O) groups is 2. The summed E-state index contributed by atoms with van der Waals surface area (Å²) < 4.78 is 26.8. The summed E-state index contributed by atoms with van der Waals surface area (Å²) in [6.45, 7) is 3.85. The monoisotopic (exact) mass is 435 g/mol. The summed E-state index contributed by atoms with van der Waals surface area (Å²) in [7, 11) is 0. The maximum absolute atomic E-state index is 13.5. The second kappa shape index (κ2) is 9.89. The van der Waals surface area contributed by atoms with E-state index in [1.807, 2.05) is 25.1 Å². The average molecular weight is 436 g/mol. The van der Waals surface area contributed by atoms with E-state index in [1.54, 1.807) is 6.07 Å². The molecular formula is C22H24ClF2N3O2. The van der Waals surface area contributed by atoms with Gasteiger partial charge in [0.25, 0.3) is 5.91 Å². The van der Waals surface area contributed by atoms with Crippen molar-refractivity contribution in [3.05, 3.63) is 58.6 Å². The van der Waals surface area contributed by atoms with Gasteiger partial charge in [0.2, 0.25) is 5.91 Å². The molecule has 0 radical (unpaired) electrons. The molecule has 0 saturated carbocycles. The van der Waals surface area contributed by atoms with Crippen LogP contribution in [0.5, 0.6) is 0 Å². The van der Waals surface area contributed by atoms with Gasteiger partial charge in [0.1, 0.15) is 6.04 Å². The lowest BCUT2D eigenvalue weighted by molar-refractivity contribution is -0.118. The minimum Gasteiger partial charge on any atom is -0.371 e. The Morgan fingerprint density at radius 1 is 1.13 bits per heavy atom. The second-order valence-electron chi connectivity index (χ2n) is 7.29. The number of amides is 2. The fraction of sp³-hybridized carbons (Fsp3) is 0.364. The molecule has 0 aliphatic carbocycles. The zero-order valence-electron chi connectivity index (χ0n) is 16.7. The SMILES string of the molecule is CCCC(NC(=O)c1cc(F)c(F)cc1Cl)C(=O)Nc1cccc(N2CCCC2)c1. The second-order valence-corrected chi connectivity index (χ2v) is 7.70. The standard InChI is InChI=1S/C22H24ClF2N3O2/c1-2-6-20(27-21(29)16-12-18(24)19(25)13-17(16)23)22(30)26-14-7-5-8-15(11-14)28-9-3-4-10-28/h5,7-8,11-13,20H,2-4,6,9-10H2,1H3,(H,26,30)(H,27,29). The Labute approximate surface area is 179 Å². The topological polar surface area (TPSA) is 61.4 Å². The summed E-state index contributed by atoms with van der Waals surface area (Å²) in [5.74, 6) is -3.45. The van der Waals surface area contributed by atoms with Gasteiger partial charge in [-0.3, -0.25) is 9.59 Å². The van der Waals surface area contributed by atoms with Crippen molar-refractivity contribution < 1.29 is 18.4 Å². The lowest BCUT2D eigenvalue weighted by Crippen LogP contribution is -2.43. The van der Waals surface area contributed by atoms with Gasteiger partial charge in [0.05, 0.1) is 10.6 Å². The molecule has 30 heavy (non-hydrogen) atoms. The predicted octanol–water partition coefficient (Wildman–Crippen LogP) is 4.76. The number of halogens is 3. The van der Waals surface area contributed by atoms with E-state index < -0.39 is 23.6 Å². The van der Waals surface area contributed by atoms with Crippen molar-refractivity contribution in [3.63, 3.8) is 0 Å². The van der Waals surface area contributed by atoms with E-state index in [-0.39, 0.29) is 16.5 Å². The molecule has 1 atom stereocenters. The van der Waals surface area contributed by atoms with Crippen LogP contribution in [0.1, 0.15) is 43.0 Å². The Balaban J connectivity index is 1.71. The molecule has 1 aliphatic rings. The maximum atomic E-state index is 13.5. The average Bonchev–Trinajstić information content (AvgIpc) is 3.25. The zero-order chi connectivity index (χ0) is 21.7. The van der Waals surface area contributed by atoms with Crippen LogP contribution in [0.2, 0.25) is 5.02 Å². The number of hydrogen-bond acceptors (Lipinski definition) is 3. The number of anilines is 2. The number of nitrogens with one attached hydrogen (secondary N) is 2. The van der Waals surface area contributed by atoms with Crippen molar-refractivity contribution in [1.29, 1.82) is 0 Å². The Hall–Kier alpha value is -2.67. The van der Waals surface area contributed by atoms with E-state index in [9.17, 15) is 18.4 Å². The van der Waals surface area contributed by atoms with Crippen LogP contribution < -0.4 is 15.5 Å². The van der Waals surface area contributed by atoms with Gasteiger partial charge in [-0.05, 0) is 49.6 Å². The molecule has 1 heterocycles. The molecule has 2 aromatic rings. The minimum atomic E-state index is -1.18. The number of benzene rings is 2.